The summed E-state index contributed by atoms with van der Waals surface area (Å²) in [6, 6.07) is 8.11. The van der Waals surface area contributed by atoms with Gasteiger partial charge in [0.15, 0.2) is 16.1 Å². The summed E-state index contributed by atoms with van der Waals surface area (Å²) in [5.74, 6) is 1.52. The van der Waals surface area contributed by atoms with Gasteiger partial charge in [0, 0.05) is 25.6 Å². The minimum absolute atomic E-state index is 0.288. The normalized spacial score (nSPS) is 11.1. The number of nitrogens with zero attached hydrogens (tertiary/aromatic N) is 3. The molecule has 0 saturated heterocycles. The molecule has 7 heteroatoms. The van der Waals surface area contributed by atoms with E-state index in [9.17, 15) is 0 Å². The number of nitrogens with one attached hydrogen (secondary N) is 1. The van der Waals surface area contributed by atoms with Crippen molar-refractivity contribution in [1.29, 1.82) is 0 Å². The molecule has 0 aliphatic rings. The maximum Gasteiger partial charge on any atom is 0.191 e. The highest BCUT2D eigenvalue weighted by Gasteiger charge is 2.10. The maximum absolute atomic E-state index is 6.09. The predicted octanol–water partition coefficient (Wildman–Crippen LogP) is 3.88. The highest BCUT2D eigenvalue weighted by molar-refractivity contribution is 7.99. The molecular weight excluding hydrogens is 330 g/mol. The molecule has 0 radical (unpaired) electrons. The molecule has 23 heavy (non-hydrogen) atoms. The van der Waals surface area contributed by atoms with Crippen LogP contribution in [-0.4, -0.2) is 29.0 Å². The van der Waals surface area contributed by atoms with Gasteiger partial charge in [0.25, 0.3) is 0 Å². The number of aliphatic imine (C=N–C) groups is 1. The largest absolute Gasteiger partial charge is 0.393 e. The van der Waals surface area contributed by atoms with Crippen molar-refractivity contribution < 1.29 is 0 Å². The first-order chi connectivity index (χ1) is 11.1. The van der Waals surface area contributed by atoms with Crippen LogP contribution in [0.3, 0.4) is 0 Å². The minimum atomic E-state index is 0.288. The smallest absolute Gasteiger partial charge is 0.191 e. The van der Waals surface area contributed by atoms with E-state index in [4.69, 9.17) is 17.3 Å². The van der Waals surface area contributed by atoms with Gasteiger partial charge < -0.3 is 11.1 Å². The quantitative estimate of drug-likeness (QED) is 0.343. The molecule has 0 amide bonds. The lowest BCUT2D eigenvalue weighted by Gasteiger charge is -2.11. The zero-order chi connectivity index (χ0) is 16.7. The van der Waals surface area contributed by atoms with Crippen molar-refractivity contribution >= 4 is 41.1 Å². The van der Waals surface area contributed by atoms with Gasteiger partial charge in [-0.2, -0.15) is 0 Å². The standard InChI is InChI=1S/C16H20ClN5S/c1-3-8-23-16-21-14(17)13(18)15(22-16)20-10-12-6-4-11(5-7-12)9-19-2/h4-7,9H,3,8,10,18H2,1-2H3,(H,20,21,22)/b19-9-. The maximum atomic E-state index is 6.09. The van der Waals surface area contributed by atoms with Gasteiger partial charge in [-0.3, -0.25) is 4.99 Å². The third-order valence-corrected chi connectivity index (χ3v) is 4.37. The van der Waals surface area contributed by atoms with Crippen LogP contribution < -0.4 is 11.1 Å². The predicted molar refractivity (Wildman–Crippen MR) is 99.8 cm³/mol. The average Bonchev–Trinajstić information content (AvgIpc) is 2.56. The summed E-state index contributed by atoms with van der Waals surface area (Å²) in [5, 5.41) is 4.16. The van der Waals surface area contributed by atoms with Crippen molar-refractivity contribution in [3.63, 3.8) is 0 Å². The number of rotatable bonds is 7. The lowest BCUT2D eigenvalue weighted by atomic mass is 10.1. The van der Waals surface area contributed by atoms with Crippen LogP contribution in [0.2, 0.25) is 5.15 Å². The number of nitrogens with two attached hydrogens (primary N) is 1. The molecule has 0 aliphatic heterocycles. The number of benzene rings is 1. The Hall–Kier alpha value is -1.79. The van der Waals surface area contributed by atoms with Crippen LogP contribution in [-0.2, 0) is 6.54 Å². The fraction of sp³-hybridized carbons (Fsp3) is 0.312. The summed E-state index contributed by atoms with van der Waals surface area (Å²) in [6.45, 7) is 2.72. The Bertz CT molecular complexity index is 673. The van der Waals surface area contributed by atoms with E-state index in [2.05, 4.69) is 27.2 Å². The molecule has 0 bridgehead atoms. The number of thioether (sulfide) groups is 1. The van der Waals surface area contributed by atoms with Crippen LogP contribution in [0.1, 0.15) is 24.5 Å². The summed E-state index contributed by atoms with van der Waals surface area (Å²) in [5.41, 5.74) is 8.53. The molecule has 1 aromatic heterocycles. The number of nitrogen functional groups attached to an aromatic ring is 1. The molecule has 2 aromatic rings. The Labute approximate surface area is 145 Å². The van der Waals surface area contributed by atoms with Gasteiger partial charge in [-0.25, -0.2) is 9.97 Å². The SMILES string of the molecule is CCCSc1nc(Cl)c(N)c(NCc2ccc(/C=N\C)cc2)n1. The monoisotopic (exact) mass is 349 g/mol. The molecule has 0 fully saturated rings. The van der Waals surface area contributed by atoms with Crippen LogP contribution in [0.25, 0.3) is 0 Å². The number of hydrogen-bond donors (Lipinski definition) is 2. The summed E-state index contributed by atoms with van der Waals surface area (Å²) in [6.07, 6.45) is 2.86. The van der Waals surface area contributed by atoms with E-state index in [-0.39, 0.29) is 5.15 Å². The van der Waals surface area contributed by atoms with E-state index in [1.165, 1.54) is 0 Å². The molecule has 122 valence electrons. The topological polar surface area (TPSA) is 76.2 Å². The zero-order valence-electron chi connectivity index (χ0n) is 13.2. The van der Waals surface area contributed by atoms with Crippen molar-refractivity contribution in [2.45, 2.75) is 25.0 Å². The highest BCUT2D eigenvalue weighted by Crippen LogP contribution is 2.27. The first-order valence-electron chi connectivity index (χ1n) is 7.34. The molecule has 0 saturated carbocycles. The summed E-state index contributed by atoms with van der Waals surface area (Å²) in [7, 11) is 1.76. The van der Waals surface area contributed by atoms with Crippen LogP contribution in [0.4, 0.5) is 11.5 Å². The van der Waals surface area contributed by atoms with E-state index in [0.717, 1.165) is 23.3 Å². The molecule has 5 nitrogen and oxygen atoms in total. The Balaban J connectivity index is 2.08. The van der Waals surface area contributed by atoms with Crippen LogP contribution in [0.15, 0.2) is 34.4 Å². The van der Waals surface area contributed by atoms with Crippen molar-refractivity contribution in [2.75, 3.05) is 23.9 Å². The van der Waals surface area contributed by atoms with Gasteiger partial charge in [0.05, 0.1) is 0 Å². The van der Waals surface area contributed by atoms with E-state index in [1.54, 1.807) is 18.8 Å². The van der Waals surface area contributed by atoms with E-state index >= 15 is 0 Å². The Morgan fingerprint density at radius 3 is 2.70 bits per heavy atom. The van der Waals surface area contributed by atoms with Gasteiger partial charge in [0.2, 0.25) is 0 Å². The van der Waals surface area contributed by atoms with Crippen molar-refractivity contribution in [2.24, 2.45) is 4.99 Å². The molecule has 0 atom stereocenters. The summed E-state index contributed by atoms with van der Waals surface area (Å²) >= 11 is 7.66. The Morgan fingerprint density at radius 2 is 2.04 bits per heavy atom. The van der Waals surface area contributed by atoms with E-state index < -0.39 is 0 Å². The molecule has 0 unspecified atom stereocenters. The summed E-state index contributed by atoms with van der Waals surface area (Å²) < 4.78 is 0. The summed E-state index contributed by atoms with van der Waals surface area (Å²) in [4.78, 5) is 12.6. The second-order valence-corrected chi connectivity index (χ2v) is 6.31. The lowest BCUT2D eigenvalue weighted by molar-refractivity contribution is 0.953. The van der Waals surface area contributed by atoms with Gasteiger partial charge in [-0.1, -0.05) is 54.6 Å². The highest BCUT2D eigenvalue weighted by atomic mass is 35.5. The van der Waals surface area contributed by atoms with Gasteiger partial charge >= 0.3 is 0 Å². The van der Waals surface area contributed by atoms with E-state index in [1.807, 2.05) is 30.5 Å². The fourth-order valence-corrected chi connectivity index (χ4v) is 2.79. The van der Waals surface area contributed by atoms with Gasteiger partial charge in [-0.15, -0.1) is 0 Å². The van der Waals surface area contributed by atoms with Crippen LogP contribution in [0, 0.1) is 0 Å². The Kier molecular flexibility index (Phi) is 6.67. The van der Waals surface area contributed by atoms with E-state index in [0.29, 0.717) is 23.2 Å². The van der Waals surface area contributed by atoms with Crippen molar-refractivity contribution in [3.05, 3.63) is 40.5 Å². The van der Waals surface area contributed by atoms with Crippen LogP contribution >= 0.6 is 23.4 Å². The van der Waals surface area contributed by atoms with Crippen molar-refractivity contribution in [1.82, 2.24) is 9.97 Å². The molecule has 1 heterocycles. The average molecular weight is 350 g/mol. The van der Waals surface area contributed by atoms with Gasteiger partial charge in [0.1, 0.15) is 5.69 Å². The third-order valence-electron chi connectivity index (χ3n) is 3.03. The number of halogens is 1. The molecule has 0 aliphatic carbocycles. The molecule has 2 rings (SSSR count). The van der Waals surface area contributed by atoms with Crippen molar-refractivity contribution in [3.8, 4) is 0 Å². The second kappa shape index (κ2) is 8.74. The fourth-order valence-electron chi connectivity index (χ4n) is 1.87. The zero-order valence-corrected chi connectivity index (χ0v) is 14.8. The number of anilines is 2. The third kappa shape index (κ3) is 5.11. The number of aromatic nitrogens is 2. The Morgan fingerprint density at radius 1 is 1.30 bits per heavy atom. The molecule has 1 aromatic carbocycles. The molecular formula is C16H20ClN5S. The first kappa shape index (κ1) is 17.6. The van der Waals surface area contributed by atoms with Crippen LogP contribution in [0.5, 0.6) is 0 Å². The number of hydrogen-bond acceptors (Lipinski definition) is 6. The molecule has 0 spiro atoms. The lowest BCUT2D eigenvalue weighted by Crippen LogP contribution is -2.07. The van der Waals surface area contributed by atoms with Gasteiger partial charge in [-0.05, 0) is 17.5 Å². The first-order valence-corrected chi connectivity index (χ1v) is 8.71. The molecule has 3 N–H and O–H groups in total. The second-order valence-electron chi connectivity index (χ2n) is 4.89. The minimum Gasteiger partial charge on any atom is -0.393 e.